The van der Waals surface area contributed by atoms with Crippen LogP contribution in [0.15, 0.2) is 30.3 Å². The number of benzene rings is 1. The van der Waals surface area contributed by atoms with Crippen molar-refractivity contribution in [3.05, 3.63) is 35.9 Å². The number of hydrogen-bond donors (Lipinski definition) is 3. The molecule has 6 nitrogen and oxygen atoms in total. The zero-order valence-electron chi connectivity index (χ0n) is 19.3. The molecule has 1 aromatic rings. The summed E-state index contributed by atoms with van der Waals surface area (Å²) in [5.74, 6) is 1.57. The van der Waals surface area contributed by atoms with Crippen LogP contribution >= 0.6 is 0 Å². The summed E-state index contributed by atoms with van der Waals surface area (Å²) in [5, 5.41) is 6.86. The lowest BCUT2D eigenvalue weighted by Gasteiger charge is -2.39. The van der Waals surface area contributed by atoms with E-state index in [4.69, 9.17) is 5.73 Å². The summed E-state index contributed by atoms with van der Waals surface area (Å²) < 4.78 is 0. The fraction of sp³-hybridized carbons (Fsp3) is 0.692. The molecule has 2 atom stereocenters. The van der Waals surface area contributed by atoms with Crippen LogP contribution in [0.4, 0.5) is 0 Å². The number of nitrogens with one attached hydrogen (secondary N) is 2. The van der Waals surface area contributed by atoms with E-state index >= 15 is 0 Å². The van der Waals surface area contributed by atoms with E-state index in [2.05, 4.69) is 34.9 Å². The third-order valence-electron chi connectivity index (χ3n) is 7.67. The average molecular weight is 441 g/mol. The maximum Gasteiger partial charge on any atom is 0.242 e. The van der Waals surface area contributed by atoms with Gasteiger partial charge in [-0.3, -0.25) is 9.59 Å². The number of carbonyl (C=O) groups excluding carboxylic acids is 2. The van der Waals surface area contributed by atoms with Crippen LogP contribution in [0.25, 0.3) is 0 Å². The number of nitrogens with zero attached hydrogens (tertiary/aromatic N) is 1. The highest BCUT2D eigenvalue weighted by atomic mass is 16.2. The Hall–Kier alpha value is -1.92. The molecule has 2 saturated carbocycles. The summed E-state index contributed by atoms with van der Waals surface area (Å²) in [6.45, 7) is 3.07. The largest absolute Gasteiger partial charge is 0.354 e. The van der Waals surface area contributed by atoms with Crippen molar-refractivity contribution in [1.29, 1.82) is 0 Å². The third-order valence-corrected chi connectivity index (χ3v) is 7.67. The summed E-state index contributed by atoms with van der Waals surface area (Å²) >= 11 is 0. The fourth-order valence-corrected chi connectivity index (χ4v) is 5.33. The van der Waals surface area contributed by atoms with Gasteiger partial charge in [-0.2, -0.15) is 0 Å². The van der Waals surface area contributed by atoms with E-state index in [1.54, 1.807) is 0 Å². The standard InChI is InChI=1S/C26H40N4O2/c27-17-20-6-8-21(9-7-20)18-29-25(31)24-16-23(13-15-30(24)26(32)22-10-11-22)28-14-12-19-4-2-1-3-5-19/h1-5,20-24,28H,6-18,27H2,(H,29,31)/t20?,21?,23?,24-/m1/s1. The number of rotatable bonds is 9. The van der Waals surface area contributed by atoms with Crippen LogP contribution in [0.1, 0.15) is 56.9 Å². The van der Waals surface area contributed by atoms with E-state index < -0.39 is 0 Å². The Balaban J connectivity index is 1.29. The van der Waals surface area contributed by atoms with Crippen LogP contribution in [0.2, 0.25) is 0 Å². The van der Waals surface area contributed by atoms with Crippen molar-refractivity contribution < 1.29 is 9.59 Å². The molecule has 2 aliphatic carbocycles. The molecule has 6 heteroatoms. The van der Waals surface area contributed by atoms with Gasteiger partial charge in [-0.25, -0.2) is 0 Å². The molecule has 2 amide bonds. The summed E-state index contributed by atoms with van der Waals surface area (Å²) in [7, 11) is 0. The Labute approximate surface area is 192 Å². The second-order valence-electron chi connectivity index (χ2n) is 10.1. The number of carbonyl (C=O) groups is 2. The molecule has 1 unspecified atom stereocenters. The molecular formula is C26H40N4O2. The van der Waals surface area contributed by atoms with Crippen LogP contribution < -0.4 is 16.4 Å². The van der Waals surface area contributed by atoms with Gasteiger partial charge in [0.2, 0.25) is 11.8 Å². The van der Waals surface area contributed by atoms with Crippen LogP contribution in [-0.4, -0.2) is 55.0 Å². The number of piperidine rings is 1. The molecule has 0 spiro atoms. The normalized spacial score (nSPS) is 28.3. The minimum atomic E-state index is -0.341. The number of nitrogens with two attached hydrogens (primary N) is 1. The maximum absolute atomic E-state index is 13.2. The first-order valence-electron chi connectivity index (χ1n) is 12.7. The topological polar surface area (TPSA) is 87.5 Å². The highest BCUT2D eigenvalue weighted by molar-refractivity contribution is 5.89. The molecule has 3 aliphatic rings. The van der Waals surface area contributed by atoms with E-state index in [0.29, 0.717) is 24.8 Å². The molecule has 4 N–H and O–H groups in total. The van der Waals surface area contributed by atoms with Gasteiger partial charge in [0.05, 0.1) is 0 Å². The monoisotopic (exact) mass is 440 g/mol. The van der Waals surface area contributed by atoms with Crippen molar-refractivity contribution in [2.75, 3.05) is 26.2 Å². The molecule has 1 aliphatic heterocycles. The first-order valence-corrected chi connectivity index (χ1v) is 12.7. The van der Waals surface area contributed by atoms with Crippen molar-refractivity contribution in [1.82, 2.24) is 15.5 Å². The van der Waals surface area contributed by atoms with Crippen LogP contribution in [0.3, 0.4) is 0 Å². The molecule has 1 heterocycles. The summed E-state index contributed by atoms with van der Waals surface area (Å²) in [5.41, 5.74) is 7.13. The molecule has 176 valence electrons. The first kappa shape index (κ1) is 23.2. The average Bonchev–Trinajstić information content (AvgIpc) is 3.69. The molecule has 0 radical (unpaired) electrons. The van der Waals surface area contributed by atoms with Gasteiger partial charge in [0, 0.05) is 25.0 Å². The van der Waals surface area contributed by atoms with Crippen LogP contribution in [-0.2, 0) is 16.0 Å². The van der Waals surface area contributed by atoms with Gasteiger partial charge >= 0.3 is 0 Å². The van der Waals surface area contributed by atoms with Crippen LogP contribution in [0.5, 0.6) is 0 Å². The molecular weight excluding hydrogens is 400 g/mol. The van der Waals surface area contributed by atoms with Crippen molar-refractivity contribution in [2.45, 2.75) is 69.9 Å². The van der Waals surface area contributed by atoms with E-state index in [1.807, 2.05) is 11.0 Å². The van der Waals surface area contributed by atoms with E-state index in [9.17, 15) is 9.59 Å². The van der Waals surface area contributed by atoms with E-state index in [1.165, 1.54) is 18.4 Å². The van der Waals surface area contributed by atoms with E-state index in [0.717, 1.165) is 58.2 Å². The second-order valence-corrected chi connectivity index (χ2v) is 10.1. The van der Waals surface area contributed by atoms with Gasteiger partial charge in [0.25, 0.3) is 0 Å². The highest BCUT2D eigenvalue weighted by Gasteiger charge is 2.41. The van der Waals surface area contributed by atoms with Gasteiger partial charge in [0.15, 0.2) is 0 Å². The first-order chi connectivity index (χ1) is 15.6. The minimum absolute atomic E-state index is 0.0366. The van der Waals surface area contributed by atoms with Gasteiger partial charge in [0.1, 0.15) is 6.04 Å². The zero-order chi connectivity index (χ0) is 22.3. The van der Waals surface area contributed by atoms with Gasteiger partial charge < -0.3 is 21.3 Å². The quantitative estimate of drug-likeness (QED) is 0.551. The zero-order valence-corrected chi connectivity index (χ0v) is 19.3. The Bertz CT molecular complexity index is 743. The summed E-state index contributed by atoms with van der Waals surface area (Å²) in [6, 6.07) is 10.4. The van der Waals surface area contributed by atoms with Crippen molar-refractivity contribution in [3.63, 3.8) is 0 Å². The minimum Gasteiger partial charge on any atom is -0.354 e. The summed E-state index contributed by atoms with van der Waals surface area (Å²) in [4.78, 5) is 28.0. The lowest BCUT2D eigenvalue weighted by atomic mass is 9.82. The maximum atomic E-state index is 13.2. The van der Waals surface area contributed by atoms with Gasteiger partial charge in [-0.1, -0.05) is 30.3 Å². The molecule has 4 rings (SSSR count). The Kier molecular flexibility index (Phi) is 8.20. The van der Waals surface area contributed by atoms with Crippen LogP contribution in [0, 0.1) is 17.8 Å². The highest BCUT2D eigenvalue weighted by Crippen LogP contribution is 2.33. The number of amides is 2. The molecule has 0 aromatic heterocycles. The van der Waals surface area contributed by atoms with E-state index in [-0.39, 0.29) is 29.8 Å². The van der Waals surface area contributed by atoms with Crippen molar-refractivity contribution in [2.24, 2.45) is 23.5 Å². The van der Waals surface area contributed by atoms with Gasteiger partial charge in [-0.15, -0.1) is 0 Å². The summed E-state index contributed by atoms with van der Waals surface area (Å²) in [6.07, 6.45) is 9.17. The Morgan fingerprint density at radius 1 is 0.969 bits per heavy atom. The lowest BCUT2D eigenvalue weighted by molar-refractivity contribution is -0.143. The Morgan fingerprint density at radius 3 is 2.38 bits per heavy atom. The predicted molar refractivity (Wildman–Crippen MR) is 127 cm³/mol. The van der Waals surface area contributed by atoms with Crippen molar-refractivity contribution >= 4 is 11.8 Å². The smallest absolute Gasteiger partial charge is 0.242 e. The molecule has 1 saturated heterocycles. The number of likely N-dealkylation sites (tertiary alicyclic amines) is 1. The Morgan fingerprint density at radius 2 is 1.69 bits per heavy atom. The lowest BCUT2D eigenvalue weighted by Crippen LogP contribution is -2.57. The van der Waals surface area contributed by atoms with Gasteiger partial charge in [-0.05, 0) is 88.3 Å². The molecule has 1 aromatic carbocycles. The molecule has 3 fully saturated rings. The second kappa shape index (κ2) is 11.3. The third kappa shape index (κ3) is 6.32. The SMILES string of the molecule is NCC1CCC(CNC(=O)[C@H]2CC(NCCc3ccccc3)CCN2C(=O)C2CC2)CC1. The predicted octanol–water partition coefficient (Wildman–Crippen LogP) is 2.47. The van der Waals surface area contributed by atoms with Crippen molar-refractivity contribution in [3.8, 4) is 0 Å². The fourth-order valence-electron chi connectivity index (χ4n) is 5.33. The molecule has 0 bridgehead atoms. The number of hydrogen-bond acceptors (Lipinski definition) is 4. The molecule has 32 heavy (non-hydrogen) atoms.